The van der Waals surface area contributed by atoms with Crippen molar-refractivity contribution < 1.29 is 14.0 Å². The maximum absolute atomic E-state index is 12.4. The SMILES string of the molecule is CCNC(=O)[C@@H]1C[C@H](NC(=O)C=Cc2ccccc2)CN1Cc1ccco1. The van der Waals surface area contributed by atoms with Crippen molar-refractivity contribution in [3.05, 3.63) is 66.1 Å². The average molecular weight is 367 g/mol. The van der Waals surface area contributed by atoms with Gasteiger partial charge < -0.3 is 15.1 Å². The van der Waals surface area contributed by atoms with Crippen LogP contribution in [0.3, 0.4) is 0 Å². The second kappa shape index (κ2) is 9.19. The van der Waals surface area contributed by atoms with Crippen molar-refractivity contribution in [1.82, 2.24) is 15.5 Å². The fourth-order valence-corrected chi connectivity index (χ4v) is 3.34. The Bertz CT molecular complexity index is 771. The van der Waals surface area contributed by atoms with Gasteiger partial charge >= 0.3 is 0 Å². The molecule has 0 bridgehead atoms. The highest BCUT2D eigenvalue weighted by atomic mass is 16.3. The van der Waals surface area contributed by atoms with Gasteiger partial charge in [-0.25, -0.2) is 0 Å². The van der Waals surface area contributed by atoms with Gasteiger partial charge in [-0.2, -0.15) is 0 Å². The van der Waals surface area contributed by atoms with E-state index in [0.717, 1.165) is 11.3 Å². The van der Waals surface area contributed by atoms with E-state index in [-0.39, 0.29) is 23.9 Å². The number of nitrogens with one attached hydrogen (secondary N) is 2. The van der Waals surface area contributed by atoms with Crippen LogP contribution in [0.15, 0.2) is 59.2 Å². The van der Waals surface area contributed by atoms with E-state index in [1.807, 2.05) is 49.4 Å². The van der Waals surface area contributed by atoms with E-state index in [0.29, 0.717) is 26.1 Å². The Kier molecular flexibility index (Phi) is 6.44. The smallest absolute Gasteiger partial charge is 0.244 e. The molecule has 6 heteroatoms. The van der Waals surface area contributed by atoms with Crippen LogP contribution >= 0.6 is 0 Å². The first-order valence-corrected chi connectivity index (χ1v) is 9.23. The molecule has 2 aromatic rings. The molecule has 2 heterocycles. The molecule has 1 aromatic carbocycles. The number of carbonyl (C=O) groups excluding carboxylic acids is 2. The molecule has 1 aliphatic heterocycles. The standard InChI is InChI=1S/C21H25N3O3/c1-2-22-21(26)19-13-17(14-24(19)15-18-9-6-12-27-18)23-20(25)11-10-16-7-4-3-5-8-16/h3-12,17,19H,2,13-15H2,1H3,(H,22,26)(H,23,25)/t17-,19-/m0/s1. The Balaban J connectivity index is 1.61. The van der Waals surface area contributed by atoms with Gasteiger partial charge in [-0.1, -0.05) is 30.3 Å². The quantitative estimate of drug-likeness (QED) is 0.736. The zero-order valence-electron chi connectivity index (χ0n) is 15.4. The molecule has 6 nitrogen and oxygen atoms in total. The molecule has 1 saturated heterocycles. The first-order valence-electron chi connectivity index (χ1n) is 9.23. The summed E-state index contributed by atoms with van der Waals surface area (Å²) in [6, 6.07) is 13.0. The summed E-state index contributed by atoms with van der Waals surface area (Å²) in [4.78, 5) is 26.7. The van der Waals surface area contributed by atoms with Crippen molar-refractivity contribution >= 4 is 17.9 Å². The molecule has 1 aromatic heterocycles. The van der Waals surface area contributed by atoms with Crippen LogP contribution in [0.5, 0.6) is 0 Å². The van der Waals surface area contributed by atoms with Crippen molar-refractivity contribution in [1.29, 1.82) is 0 Å². The van der Waals surface area contributed by atoms with Gasteiger partial charge in [-0.3, -0.25) is 14.5 Å². The fourth-order valence-electron chi connectivity index (χ4n) is 3.34. The summed E-state index contributed by atoms with van der Waals surface area (Å²) in [7, 11) is 0. The molecular formula is C21H25N3O3. The third-order valence-corrected chi connectivity index (χ3v) is 4.57. The summed E-state index contributed by atoms with van der Waals surface area (Å²) < 4.78 is 5.42. The van der Waals surface area contributed by atoms with Crippen LogP contribution in [-0.2, 0) is 16.1 Å². The number of likely N-dealkylation sites (tertiary alicyclic amines) is 1. The van der Waals surface area contributed by atoms with Gasteiger partial charge in [0.1, 0.15) is 5.76 Å². The van der Waals surface area contributed by atoms with E-state index in [1.165, 1.54) is 6.08 Å². The van der Waals surface area contributed by atoms with Gasteiger partial charge in [0.05, 0.1) is 18.8 Å². The van der Waals surface area contributed by atoms with Gasteiger partial charge in [0.2, 0.25) is 11.8 Å². The normalized spacial score (nSPS) is 20.0. The maximum atomic E-state index is 12.4. The van der Waals surface area contributed by atoms with E-state index in [2.05, 4.69) is 15.5 Å². The predicted octanol–water partition coefficient (Wildman–Crippen LogP) is 2.19. The molecule has 0 saturated carbocycles. The Morgan fingerprint density at radius 2 is 2.04 bits per heavy atom. The van der Waals surface area contributed by atoms with Gasteiger partial charge in [0, 0.05) is 25.2 Å². The minimum Gasteiger partial charge on any atom is -0.468 e. The van der Waals surface area contributed by atoms with E-state index in [1.54, 1.807) is 12.3 Å². The molecular weight excluding hydrogens is 342 g/mol. The zero-order chi connectivity index (χ0) is 19.1. The highest BCUT2D eigenvalue weighted by Crippen LogP contribution is 2.21. The lowest BCUT2D eigenvalue weighted by Crippen LogP contribution is -2.42. The van der Waals surface area contributed by atoms with Crippen LogP contribution in [0.25, 0.3) is 6.08 Å². The minimum absolute atomic E-state index is 0.0133. The lowest BCUT2D eigenvalue weighted by Gasteiger charge is -2.22. The number of benzene rings is 1. The van der Waals surface area contributed by atoms with Crippen LogP contribution in [-0.4, -0.2) is 41.9 Å². The number of nitrogens with zero attached hydrogens (tertiary/aromatic N) is 1. The Hall–Kier alpha value is -2.86. The van der Waals surface area contributed by atoms with Crippen LogP contribution < -0.4 is 10.6 Å². The average Bonchev–Trinajstić information content (AvgIpc) is 3.31. The molecule has 142 valence electrons. The molecule has 0 unspecified atom stereocenters. The lowest BCUT2D eigenvalue weighted by atomic mass is 10.1. The van der Waals surface area contributed by atoms with Crippen LogP contribution in [0, 0.1) is 0 Å². The Morgan fingerprint density at radius 1 is 1.22 bits per heavy atom. The van der Waals surface area contributed by atoms with Gasteiger partial charge in [-0.05, 0) is 37.1 Å². The summed E-state index contributed by atoms with van der Waals surface area (Å²) in [5.74, 6) is 0.638. The number of furan rings is 1. The molecule has 2 amide bonds. The highest BCUT2D eigenvalue weighted by Gasteiger charge is 2.37. The topological polar surface area (TPSA) is 74.6 Å². The fraction of sp³-hybridized carbons (Fsp3) is 0.333. The highest BCUT2D eigenvalue weighted by molar-refractivity contribution is 5.92. The van der Waals surface area contributed by atoms with Crippen molar-refractivity contribution in [2.45, 2.75) is 32.0 Å². The molecule has 2 N–H and O–H groups in total. The van der Waals surface area contributed by atoms with Gasteiger partial charge in [0.15, 0.2) is 0 Å². The molecule has 0 radical (unpaired) electrons. The largest absolute Gasteiger partial charge is 0.468 e. The molecule has 3 rings (SSSR count). The monoisotopic (exact) mass is 367 g/mol. The summed E-state index contributed by atoms with van der Waals surface area (Å²) in [6.07, 6.45) is 5.52. The second-order valence-electron chi connectivity index (χ2n) is 6.60. The second-order valence-corrected chi connectivity index (χ2v) is 6.60. The number of hydrogen-bond acceptors (Lipinski definition) is 4. The summed E-state index contributed by atoms with van der Waals surface area (Å²) in [6.45, 7) is 3.63. The summed E-state index contributed by atoms with van der Waals surface area (Å²) >= 11 is 0. The van der Waals surface area contributed by atoms with Crippen molar-refractivity contribution in [2.75, 3.05) is 13.1 Å². The van der Waals surface area contributed by atoms with E-state index in [9.17, 15) is 9.59 Å². The summed E-state index contributed by atoms with van der Waals surface area (Å²) in [5.41, 5.74) is 0.971. The molecule has 0 spiro atoms. The van der Waals surface area contributed by atoms with Crippen LogP contribution in [0.1, 0.15) is 24.7 Å². The molecule has 27 heavy (non-hydrogen) atoms. The minimum atomic E-state index is -0.279. The third kappa shape index (κ3) is 5.31. The van der Waals surface area contributed by atoms with Gasteiger partial charge in [0.25, 0.3) is 0 Å². The number of hydrogen-bond donors (Lipinski definition) is 2. The molecule has 0 aliphatic carbocycles. The molecule has 1 fully saturated rings. The molecule has 1 aliphatic rings. The van der Waals surface area contributed by atoms with Crippen LogP contribution in [0.4, 0.5) is 0 Å². The summed E-state index contributed by atoms with van der Waals surface area (Å²) in [5, 5.41) is 5.89. The zero-order valence-corrected chi connectivity index (χ0v) is 15.4. The van der Waals surface area contributed by atoms with Crippen molar-refractivity contribution in [3.8, 4) is 0 Å². The first kappa shape index (κ1) is 18.9. The number of rotatable bonds is 7. The Labute approximate surface area is 159 Å². The van der Waals surface area contributed by atoms with Gasteiger partial charge in [-0.15, -0.1) is 0 Å². The first-order chi connectivity index (χ1) is 13.2. The maximum Gasteiger partial charge on any atom is 0.244 e. The van der Waals surface area contributed by atoms with E-state index < -0.39 is 0 Å². The van der Waals surface area contributed by atoms with Crippen molar-refractivity contribution in [3.63, 3.8) is 0 Å². The third-order valence-electron chi connectivity index (χ3n) is 4.57. The Morgan fingerprint density at radius 3 is 2.74 bits per heavy atom. The number of amides is 2. The van der Waals surface area contributed by atoms with Crippen molar-refractivity contribution in [2.24, 2.45) is 0 Å². The lowest BCUT2D eigenvalue weighted by molar-refractivity contribution is -0.125. The van der Waals surface area contributed by atoms with Crippen LogP contribution in [0.2, 0.25) is 0 Å². The molecule has 2 atom stereocenters. The predicted molar refractivity (Wildman–Crippen MR) is 104 cm³/mol. The van der Waals surface area contributed by atoms with E-state index in [4.69, 9.17) is 4.42 Å². The number of likely N-dealkylation sites (N-methyl/N-ethyl adjacent to an activating group) is 1. The number of carbonyl (C=O) groups is 2. The van der Waals surface area contributed by atoms with E-state index >= 15 is 0 Å².